The van der Waals surface area contributed by atoms with Crippen LogP contribution in [0, 0.1) is 0 Å². The van der Waals surface area contributed by atoms with Crippen molar-refractivity contribution in [2.24, 2.45) is 7.05 Å². The summed E-state index contributed by atoms with van der Waals surface area (Å²) in [7, 11) is 4.83. The zero-order valence-corrected chi connectivity index (χ0v) is 18.7. The largest absolute Gasteiger partial charge is 0.497 e. The molecule has 2 heterocycles. The summed E-state index contributed by atoms with van der Waals surface area (Å²) in [6.07, 6.45) is 2.11. The number of likely N-dealkylation sites (N-methyl/N-ethyl adjacent to an activating group) is 1. The zero-order chi connectivity index (χ0) is 22.8. The van der Waals surface area contributed by atoms with Crippen molar-refractivity contribution >= 4 is 28.8 Å². The topological polar surface area (TPSA) is 82.2 Å². The van der Waals surface area contributed by atoms with E-state index in [1.165, 1.54) is 15.7 Å². The second-order valence-corrected chi connectivity index (χ2v) is 7.83. The molecule has 4 rings (SSSR count). The SMILES string of the molecule is COc1cccc(-c2ncc3c(n2)n(C)c(=O)n3C(=O)N(C)CCc2cccc(Cl)c2)c1. The highest BCUT2D eigenvalue weighted by atomic mass is 35.5. The van der Waals surface area contributed by atoms with Gasteiger partial charge in [-0.15, -0.1) is 0 Å². The van der Waals surface area contributed by atoms with Crippen LogP contribution in [0.3, 0.4) is 0 Å². The Morgan fingerprint density at radius 1 is 1.19 bits per heavy atom. The summed E-state index contributed by atoms with van der Waals surface area (Å²) in [4.78, 5) is 36.4. The van der Waals surface area contributed by atoms with E-state index in [4.69, 9.17) is 16.3 Å². The maximum Gasteiger partial charge on any atom is 0.338 e. The van der Waals surface area contributed by atoms with Gasteiger partial charge in [-0.1, -0.05) is 35.9 Å². The highest BCUT2D eigenvalue weighted by molar-refractivity contribution is 6.30. The van der Waals surface area contributed by atoms with Crippen LogP contribution in [-0.4, -0.2) is 50.7 Å². The Balaban J connectivity index is 1.64. The van der Waals surface area contributed by atoms with Gasteiger partial charge in [0.2, 0.25) is 0 Å². The number of ether oxygens (including phenoxy) is 1. The lowest BCUT2D eigenvalue weighted by Crippen LogP contribution is -2.38. The van der Waals surface area contributed by atoms with Gasteiger partial charge in [-0.25, -0.2) is 24.1 Å². The molecule has 164 valence electrons. The molecule has 0 saturated carbocycles. The van der Waals surface area contributed by atoms with Gasteiger partial charge in [-0.05, 0) is 36.2 Å². The van der Waals surface area contributed by atoms with Crippen LogP contribution in [0.25, 0.3) is 22.6 Å². The maximum atomic E-state index is 13.1. The first-order chi connectivity index (χ1) is 15.4. The molecule has 2 aromatic carbocycles. The highest BCUT2D eigenvalue weighted by Crippen LogP contribution is 2.22. The zero-order valence-electron chi connectivity index (χ0n) is 17.9. The summed E-state index contributed by atoms with van der Waals surface area (Å²) in [5, 5.41) is 0.644. The Bertz CT molecular complexity index is 1360. The monoisotopic (exact) mass is 451 g/mol. The predicted octanol–water partition coefficient (Wildman–Crippen LogP) is 3.60. The smallest absolute Gasteiger partial charge is 0.338 e. The van der Waals surface area contributed by atoms with Crippen LogP contribution in [0.2, 0.25) is 5.02 Å². The Morgan fingerprint density at radius 3 is 2.72 bits per heavy atom. The minimum atomic E-state index is -0.475. The van der Waals surface area contributed by atoms with Crippen LogP contribution in [-0.2, 0) is 13.5 Å². The number of hydrogen-bond donors (Lipinski definition) is 0. The Kier molecular flexibility index (Phi) is 5.96. The number of methoxy groups -OCH3 is 1. The molecule has 0 fully saturated rings. The number of rotatable bonds is 5. The van der Waals surface area contributed by atoms with Gasteiger partial charge in [0.15, 0.2) is 11.5 Å². The molecule has 0 radical (unpaired) electrons. The van der Waals surface area contributed by atoms with Gasteiger partial charge in [0.05, 0.1) is 13.3 Å². The molecule has 0 spiro atoms. The summed E-state index contributed by atoms with van der Waals surface area (Å²) in [6.45, 7) is 0.421. The number of carbonyl (C=O) groups is 1. The van der Waals surface area contributed by atoms with Crippen LogP contribution in [0.1, 0.15) is 5.56 Å². The fraction of sp³-hybridized carbons (Fsp3) is 0.217. The normalized spacial score (nSPS) is 11.0. The molecule has 8 nitrogen and oxygen atoms in total. The lowest BCUT2D eigenvalue weighted by molar-refractivity contribution is 0.211. The maximum absolute atomic E-state index is 13.1. The summed E-state index contributed by atoms with van der Waals surface area (Å²) in [6, 6.07) is 14.4. The van der Waals surface area contributed by atoms with Crippen molar-refractivity contribution in [3.63, 3.8) is 0 Å². The van der Waals surface area contributed by atoms with E-state index in [1.54, 1.807) is 27.3 Å². The number of amides is 1. The van der Waals surface area contributed by atoms with Gasteiger partial charge >= 0.3 is 11.7 Å². The Morgan fingerprint density at radius 2 is 1.97 bits per heavy atom. The van der Waals surface area contributed by atoms with Gasteiger partial charge in [0, 0.05) is 31.2 Å². The van der Waals surface area contributed by atoms with E-state index in [2.05, 4.69) is 9.97 Å². The molecule has 4 aromatic rings. The molecule has 0 bridgehead atoms. The average Bonchev–Trinajstić information content (AvgIpc) is 3.06. The van der Waals surface area contributed by atoms with Crippen LogP contribution < -0.4 is 10.4 Å². The van der Waals surface area contributed by atoms with E-state index in [0.29, 0.717) is 40.7 Å². The van der Waals surface area contributed by atoms with Crippen molar-refractivity contribution in [2.45, 2.75) is 6.42 Å². The molecule has 1 amide bonds. The third kappa shape index (κ3) is 4.09. The molecule has 0 unspecified atom stereocenters. The van der Waals surface area contributed by atoms with E-state index in [-0.39, 0.29) is 0 Å². The van der Waals surface area contributed by atoms with Gasteiger partial charge in [-0.2, -0.15) is 0 Å². The minimum absolute atomic E-state index is 0.351. The van der Waals surface area contributed by atoms with Crippen molar-refractivity contribution in [3.05, 3.63) is 75.8 Å². The number of aryl methyl sites for hydroxylation is 1. The number of aromatic nitrogens is 4. The molecular weight excluding hydrogens is 430 g/mol. The number of fused-ring (bicyclic) bond motifs is 1. The molecule has 0 aliphatic rings. The van der Waals surface area contributed by atoms with Gasteiger partial charge < -0.3 is 9.64 Å². The van der Waals surface area contributed by atoms with Crippen LogP contribution in [0.5, 0.6) is 5.75 Å². The molecule has 0 saturated heterocycles. The van der Waals surface area contributed by atoms with Gasteiger partial charge in [0.1, 0.15) is 11.3 Å². The minimum Gasteiger partial charge on any atom is -0.497 e. The first-order valence-corrected chi connectivity index (χ1v) is 10.4. The van der Waals surface area contributed by atoms with Crippen LogP contribution in [0.4, 0.5) is 4.79 Å². The number of halogens is 1. The second-order valence-electron chi connectivity index (χ2n) is 7.40. The molecule has 0 aliphatic carbocycles. The van der Waals surface area contributed by atoms with Gasteiger partial charge in [0.25, 0.3) is 0 Å². The number of hydrogen-bond acceptors (Lipinski definition) is 5. The average molecular weight is 452 g/mol. The van der Waals surface area contributed by atoms with Crippen molar-refractivity contribution < 1.29 is 9.53 Å². The standard InChI is InChI=1S/C23H22ClN5O3/c1-27(11-10-15-6-4-8-17(24)12-15)22(30)29-19-14-25-20(26-21(19)28(2)23(29)31)16-7-5-9-18(13-16)32-3/h4-9,12-14H,10-11H2,1-3H3. The number of carbonyl (C=O) groups excluding carboxylic acids is 1. The molecule has 32 heavy (non-hydrogen) atoms. The fourth-order valence-corrected chi connectivity index (χ4v) is 3.67. The van der Waals surface area contributed by atoms with E-state index in [9.17, 15) is 9.59 Å². The lowest BCUT2D eigenvalue weighted by Gasteiger charge is -2.17. The highest BCUT2D eigenvalue weighted by Gasteiger charge is 2.22. The van der Waals surface area contributed by atoms with Crippen LogP contribution in [0.15, 0.2) is 59.5 Å². The van der Waals surface area contributed by atoms with Crippen LogP contribution >= 0.6 is 11.6 Å². The summed E-state index contributed by atoms with van der Waals surface area (Å²) in [5.41, 5.74) is 2.00. The second kappa shape index (κ2) is 8.84. The van der Waals surface area contributed by atoms with Crippen molar-refractivity contribution in [1.82, 2.24) is 24.0 Å². The quantitative estimate of drug-likeness (QED) is 0.463. The third-order valence-electron chi connectivity index (χ3n) is 5.26. The van der Waals surface area contributed by atoms with Crippen molar-refractivity contribution in [2.75, 3.05) is 20.7 Å². The Labute approximate surface area is 189 Å². The first-order valence-electron chi connectivity index (χ1n) is 9.98. The molecule has 2 aromatic heterocycles. The fourth-order valence-electron chi connectivity index (χ4n) is 3.46. The molecule has 0 N–H and O–H groups in total. The number of benzene rings is 2. The predicted molar refractivity (Wildman–Crippen MR) is 123 cm³/mol. The van der Waals surface area contributed by atoms with E-state index in [1.807, 2.05) is 42.5 Å². The van der Waals surface area contributed by atoms with E-state index < -0.39 is 11.7 Å². The summed E-state index contributed by atoms with van der Waals surface area (Å²) in [5.74, 6) is 1.11. The third-order valence-corrected chi connectivity index (χ3v) is 5.49. The Hall–Kier alpha value is -3.65. The number of imidazole rings is 1. The molecule has 9 heteroatoms. The van der Waals surface area contributed by atoms with Crippen molar-refractivity contribution in [1.29, 1.82) is 0 Å². The summed E-state index contributed by atoms with van der Waals surface area (Å²) < 4.78 is 7.71. The van der Waals surface area contributed by atoms with E-state index >= 15 is 0 Å². The molecule has 0 atom stereocenters. The number of nitrogens with zero attached hydrogens (tertiary/aromatic N) is 5. The molecule has 0 aliphatic heterocycles. The summed E-state index contributed by atoms with van der Waals surface area (Å²) >= 11 is 6.03. The van der Waals surface area contributed by atoms with Gasteiger partial charge in [-0.3, -0.25) is 4.57 Å². The van der Waals surface area contributed by atoms with E-state index in [0.717, 1.165) is 15.7 Å². The lowest BCUT2D eigenvalue weighted by atomic mass is 10.1. The first kappa shape index (κ1) is 21.6. The molecular formula is C23H22ClN5O3. The van der Waals surface area contributed by atoms with Crippen molar-refractivity contribution in [3.8, 4) is 17.1 Å².